The molecule has 0 radical (unpaired) electrons. The van der Waals surface area contributed by atoms with Crippen LogP contribution in [0.25, 0.3) is 11.2 Å². The number of amides is 1. The summed E-state index contributed by atoms with van der Waals surface area (Å²) in [6.07, 6.45) is 1.61. The van der Waals surface area contributed by atoms with Gasteiger partial charge in [-0.15, -0.1) is 16.9 Å². The molecular weight excluding hydrogens is 322 g/mol. The van der Waals surface area contributed by atoms with Gasteiger partial charge in [0.25, 0.3) is 5.91 Å². The van der Waals surface area contributed by atoms with Crippen LogP contribution in [0.3, 0.4) is 0 Å². The van der Waals surface area contributed by atoms with Crippen molar-refractivity contribution < 1.29 is 4.79 Å². The number of aryl methyl sites for hydroxylation is 1. The van der Waals surface area contributed by atoms with E-state index >= 15 is 0 Å². The summed E-state index contributed by atoms with van der Waals surface area (Å²) < 4.78 is 1.60. The number of hydrogen-bond acceptors (Lipinski definition) is 5. The average Bonchev–Trinajstić information content (AvgIpc) is 2.96. The van der Waals surface area contributed by atoms with Crippen molar-refractivity contribution in [2.75, 3.05) is 4.90 Å². The van der Waals surface area contributed by atoms with Crippen LogP contribution in [-0.2, 0) is 7.05 Å². The van der Waals surface area contributed by atoms with E-state index in [1.807, 2.05) is 23.1 Å². The average molecular weight is 339 g/mol. The fraction of sp³-hybridized carbons (Fsp3) is 0.294. The Morgan fingerprint density at radius 3 is 2.88 bits per heavy atom. The highest BCUT2D eigenvalue weighted by Gasteiger charge is 2.34. The number of thioether (sulfide) groups is 1. The van der Waals surface area contributed by atoms with Crippen LogP contribution in [0.2, 0.25) is 0 Å². The summed E-state index contributed by atoms with van der Waals surface area (Å²) >= 11 is 1.81. The smallest absolute Gasteiger partial charge is 0.260 e. The zero-order chi connectivity index (χ0) is 16.8. The van der Waals surface area contributed by atoms with E-state index in [0.717, 1.165) is 10.6 Å². The molecule has 1 aliphatic rings. The van der Waals surface area contributed by atoms with Gasteiger partial charge in [0.05, 0.1) is 11.3 Å². The Morgan fingerprint density at radius 2 is 2.04 bits per heavy atom. The second-order valence-electron chi connectivity index (χ2n) is 5.99. The molecule has 24 heavy (non-hydrogen) atoms. The first-order valence-corrected chi connectivity index (χ1v) is 8.69. The standard InChI is InChI=1S/C17H17N5OS/c1-10-11(2)24-15-7-5-4-6-14(15)22(10)17(23)12-8-13-16(18-9-12)21(3)20-19-13/h4-11H,1-3H3/t10-,11+/m1/s1. The van der Waals surface area contributed by atoms with E-state index in [2.05, 4.69) is 35.2 Å². The Kier molecular flexibility index (Phi) is 3.53. The number of para-hydroxylation sites is 1. The number of nitrogens with zero attached hydrogens (tertiary/aromatic N) is 5. The minimum absolute atomic E-state index is 0.0536. The molecular formula is C17H17N5OS. The highest BCUT2D eigenvalue weighted by atomic mass is 32.2. The molecule has 0 saturated heterocycles. The van der Waals surface area contributed by atoms with Gasteiger partial charge in [-0.05, 0) is 25.1 Å². The summed E-state index contributed by atoms with van der Waals surface area (Å²) in [5, 5.41) is 8.32. The Balaban J connectivity index is 1.79. The number of hydrogen-bond donors (Lipinski definition) is 0. The van der Waals surface area contributed by atoms with Crippen LogP contribution in [0, 0.1) is 0 Å². The van der Waals surface area contributed by atoms with E-state index in [-0.39, 0.29) is 11.9 Å². The number of carbonyl (C=O) groups is 1. The van der Waals surface area contributed by atoms with Crippen LogP contribution in [-0.4, -0.2) is 37.2 Å². The summed E-state index contributed by atoms with van der Waals surface area (Å²) in [5.41, 5.74) is 2.78. The molecule has 1 aliphatic heterocycles. The van der Waals surface area contributed by atoms with Gasteiger partial charge in [0, 0.05) is 29.4 Å². The monoisotopic (exact) mass is 339 g/mol. The molecule has 0 bridgehead atoms. The Hall–Kier alpha value is -2.41. The zero-order valence-corrected chi connectivity index (χ0v) is 14.5. The summed E-state index contributed by atoms with van der Waals surface area (Å²) in [5.74, 6) is -0.0536. The first kappa shape index (κ1) is 15.1. The van der Waals surface area contributed by atoms with E-state index in [1.165, 1.54) is 0 Å². The normalized spacial score (nSPS) is 20.2. The lowest BCUT2D eigenvalue weighted by molar-refractivity contribution is 0.0977. The van der Waals surface area contributed by atoms with Crippen molar-refractivity contribution in [3.63, 3.8) is 0 Å². The van der Waals surface area contributed by atoms with Crippen LogP contribution in [0.15, 0.2) is 41.4 Å². The summed E-state index contributed by atoms with van der Waals surface area (Å²) in [6, 6.07) is 9.88. The summed E-state index contributed by atoms with van der Waals surface area (Å²) in [4.78, 5) is 20.5. The van der Waals surface area contributed by atoms with E-state index in [4.69, 9.17) is 0 Å². The molecule has 0 N–H and O–H groups in total. The SMILES string of the molecule is C[C@@H]1Sc2ccccc2N(C(=O)c2cnc3c(c2)nnn3C)[C@@H]1C. The first-order valence-electron chi connectivity index (χ1n) is 7.81. The van der Waals surface area contributed by atoms with E-state index in [0.29, 0.717) is 22.0 Å². The van der Waals surface area contributed by atoms with E-state index in [9.17, 15) is 4.79 Å². The number of aromatic nitrogens is 4. The molecule has 1 aromatic carbocycles. The Labute approximate surface area is 143 Å². The van der Waals surface area contributed by atoms with Gasteiger partial charge in [-0.2, -0.15) is 0 Å². The second kappa shape index (κ2) is 5.59. The predicted molar refractivity (Wildman–Crippen MR) is 94.3 cm³/mol. The molecule has 4 rings (SSSR count). The molecule has 2 aromatic heterocycles. The van der Waals surface area contributed by atoms with E-state index < -0.39 is 0 Å². The van der Waals surface area contributed by atoms with Crippen LogP contribution in [0.1, 0.15) is 24.2 Å². The van der Waals surface area contributed by atoms with Crippen molar-refractivity contribution in [3.8, 4) is 0 Å². The molecule has 0 aliphatic carbocycles. The van der Waals surface area contributed by atoms with Crippen LogP contribution in [0.4, 0.5) is 5.69 Å². The molecule has 1 amide bonds. The van der Waals surface area contributed by atoms with Gasteiger partial charge in [0.1, 0.15) is 5.52 Å². The molecule has 3 heterocycles. The number of pyridine rings is 1. The maximum Gasteiger partial charge on any atom is 0.260 e. The molecule has 122 valence electrons. The van der Waals surface area contributed by atoms with Gasteiger partial charge >= 0.3 is 0 Å². The van der Waals surface area contributed by atoms with Gasteiger partial charge in [-0.25, -0.2) is 9.67 Å². The third kappa shape index (κ3) is 2.27. The number of carbonyl (C=O) groups excluding carboxylic acids is 1. The number of benzene rings is 1. The fourth-order valence-corrected chi connectivity index (χ4v) is 4.12. The van der Waals surface area contributed by atoms with Gasteiger partial charge < -0.3 is 4.90 Å². The largest absolute Gasteiger partial charge is 0.303 e. The first-order chi connectivity index (χ1) is 11.6. The topological polar surface area (TPSA) is 63.9 Å². The second-order valence-corrected chi connectivity index (χ2v) is 7.41. The number of rotatable bonds is 1. The molecule has 0 spiro atoms. The minimum atomic E-state index is -0.0536. The van der Waals surface area contributed by atoms with Gasteiger partial charge in [0.15, 0.2) is 5.65 Å². The predicted octanol–water partition coefficient (Wildman–Crippen LogP) is 2.89. The van der Waals surface area contributed by atoms with Crippen molar-refractivity contribution in [3.05, 3.63) is 42.1 Å². The molecule has 0 fully saturated rings. The molecule has 7 heteroatoms. The quantitative estimate of drug-likeness (QED) is 0.682. The van der Waals surface area contributed by atoms with Crippen molar-refractivity contribution in [2.45, 2.75) is 30.0 Å². The van der Waals surface area contributed by atoms with Crippen molar-refractivity contribution in [2.24, 2.45) is 7.05 Å². The minimum Gasteiger partial charge on any atom is -0.303 e. The van der Waals surface area contributed by atoms with Crippen molar-refractivity contribution >= 4 is 34.5 Å². The lowest BCUT2D eigenvalue weighted by Gasteiger charge is -2.38. The van der Waals surface area contributed by atoms with Crippen LogP contribution < -0.4 is 4.90 Å². The third-order valence-electron chi connectivity index (χ3n) is 4.43. The maximum atomic E-state index is 13.2. The molecule has 0 saturated carbocycles. The zero-order valence-electron chi connectivity index (χ0n) is 13.7. The summed E-state index contributed by atoms with van der Waals surface area (Å²) in [6.45, 7) is 4.23. The van der Waals surface area contributed by atoms with Crippen LogP contribution in [0.5, 0.6) is 0 Å². The van der Waals surface area contributed by atoms with Gasteiger partial charge in [-0.1, -0.05) is 24.3 Å². The number of anilines is 1. The number of fused-ring (bicyclic) bond motifs is 2. The van der Waals surface area contributed by atoms with Gasteiger partial charge in [0.2, 0.25) is 0 Å². The molecule has 2 atom stereocenters. The van der Waals surface area contributed by atoms with Crippen LogP contribution >= 0.6 is 11.8 Å². The Bertz CT molecular complexity index is 938. The maximum absolute atomic E-state index is 13.2. The van der Waals surface area contributed by atoms with Gasteiger partial charge in [-0.3, -0.25) is 4.79 Å². The molecule has 0 unspecified atom stereocenters. The van der Waals surface area contributed by atoms with Crippen molar-refractivity contribution in [1.82, 2.24) is 20.0 Å². The lowest BCUT2D eigenvalue weighted by Crippen LogP contribution is -2.46. The van der Waals surface area contributed by atoms with Crippen molar-refractivity contribution in [1.29, 1.82) is 0 Å². The lowest BCUT2D eigenvalue weighted by atomic mass is 10.1. The highest BCUT2D eigenvalue weighted by Crippen LogP contribution is 2.41. The van der Waals surface area contributed by atoms with E-state index in [1.54, 1.807) is 35.8 Å². The summed E-state index contributed by atoms with van der Waals surface area (Å²) in [7, 11) is 1.78. The Morgan fingerprint density at radius 1 is 1.25 bits per heavy atom. The highest BCUT2D eigenvalue weighted by molar-refractivity contribution is 8.00. The fourth-order valence-electron chi connectivity index (χ4n) is 2.96. The molecule has 3 aromatic rings. The molecule has 6 nitrogen and oxygen atoms in total. The third-order valence-corrected chi connectivity index (χ3v) is 5.80.